The fraction of sp³-hybridized carbons (Fsp3) is 0.250. The molecule has 206 valence electrons. The number of amides is 1. The van der Waals surface area contributed by atoms with Gasteiger partial charge in [0.2, 0.25) is 0 Å². The molecule has 0 saturated carbocycles. The lowest BCUT2D eigenvalue weighted by Gasteiger charge is -2.22. The third-order valence-corrected chi connectivity index (χ3v) is 6.97. The number of hydrogen-bond donors (Lipinski definition) is 1. The van der Waals surface area contributed by atoms with Gasteiger partial charge in [-0.3, -0.25) is 0 Å². The van der Waals surface area contributed by atoms with Crippen molar-refractivity contribution in [1.82, 2.24) is 15.3 Å². The quantitative estimate of drug-likeness (QED) is 0.228. The molecule has 40 heavy (non-hydrogen) atoms. The number of carbonyl (C=O) groups excluding carboxylic acids is 2. The van der Waals surface area contributed by atoms with Crippen LogP contribution in [-0.2, 0) is 20.0 Å². The number of aromatic nitrogens is 2. The van der Waals surface area contributed by atoms with Crippen LogP contribution in [0.3, 0.4) is 0 Å². The summed E-state index contributed by atoms with van der Waals surface area (Å²) in [6.07, 6.45) is 1.23. The highest BCUT2D eigenvalue weighted by Gasteiger charge is 2.25. The average molecular weight is 556 g/mol. The van der Waals surface area contributed by atoms with Crippen LogP contribution in [0.1, 0.15) is 26.3 Å². The molecule has 8 heteroatoms. The largest absolute Gasteiger partial charge is 0.467 e. The average Bonchev–Trinajstić information content (AvgIpc) is 2.96. The SMILES string of the molecule is COC(=O)C(CSCc1ccc(-c2ncc(-c3ccccc3)c(-c3ccccc3)n2)cc1)NC(=O)OC(C)(C)C. The zero-order chi connectivity index (χ0) is 28.5. The van der Waals surface area contributed by atoms with Gasteiger partial charge in [0.05, 0.1) is 12.8 Å². The molecule has 0 radical (unpaired) electrons. The second-order valence-electron chi connectivity index (χ2n) is 10.1. The van der Waals surface area contributed by atoms with Gasteiger partial charge in [-0.2, -0.15) is 11.8 Å². The van der Waals surface area contributed by atoms with Gasteiger partial charge >= 0.3 is 12.1 Å². The van der Waals surface area contributed by atoms with Gasteiger partial charge in [0, 0.05) is 34.4 Å². The Morgan fingerprint density at radius 3 is 2.10 bits per heavy atom. The summed E-state index contributed by atoms with van der Waals surface area (Å²) in [4.78, 5) is 34.0. The Morgan fingerprint density at radius 2 is 1.50 bits per heavy atom. The third kappa shape index (κ3) is 7.93. The van der Waals surface area contributed by atoms with Crippen LogP contribution in [0.25, 0.3) is 33.8 Å². The topological polar surface area (TPSA) is 90.4 Å². The van der Waals surface area contributed by atoms with E-state index in [-0.39, 0.29) is 0 Å². The van der Waals surface area contributed by atoms with Crippen LogP contribution in [0, 0.1) is 0 Å². The van der Waals surface area contributed by atoms with Crippen molar-refractivity contribution >= 4 is 23.8 Å². The van der Waals surface area contributed by atoms with Crippen LogP contribution in [0.2, 0.25) is 0 Å². The van der Waals surface area contributed by atoms with Gasteiger partial charge in [0.25, 0.3) is 0 Å². The van der Waals surface area contributed by atoms with Crippen molar-refractivity contribution < 1.29 is 19.1 Å². The Bertz CT molecular complexity index is 1420. The Balaban J connectivity index is 1.46. The molecule has 1 heterocycles. The van der Waals surface area contributed by atoms with Crippen molar-refractivity contribution in [1.29, 1.82) is 0 Å². The first-order valence-electron chi connectivity index (χ1n) is 13.0. The predicted octanol–water partition coefficient (Wildman–Crippen LogP) is 6.78. The molecular weight excluding hydrogens is 522 g/mol. The van der Waals surface area contributed by atoms with Crippen molar-refractivity contribution in [2.75, 3.05) is 12.9 Å². The number of hydrogen-bond acceptors (Lipinski definition) is 7. The van der Waals surface area contributed by atoms with Crippen LogP contribution in [0.5, 0.6) is 0 Å². The summed E-state index contributed by atoms with van der Waals surface area (Å²) in [5, 5.41) is 2.60. The van der Waals surface area contributed by atoms with Gasteiger partial charge in [-0.15, -0.1) is 0 Å². The highest BCUT2D eigenvalue weighted by molar-refractivity contribution is 7.98. The van der Waals surface area contributed by atoms with E-state index in [9.17, 15) is 9.59 Å². The lowest BCUT2D eigenvalue weighted by atomic mass is 10.0. The lowest BCUT2D eigenvalue weighted by Crippen LogP contribution is -2.45. The molecule has 3 aromatic carbocycles. The number of rotatable bonds is 9. The van der Waals surface area contributed by atoms with E-state index >= 15 is 0 Å². The molecule has 1 N–H and O–H groups in total. The number of methoxy groups -OCH3 is 1. The van der Waals surface area contributed by atoms with Gasteiger partial charge < -0.3 is 14.8 Å². The molecular formula is C32H33N3O4S. The molecule has 0 spiro atoms. The predicted molar refractivity (Wildman–Crippen MR) is 160 cm³/mol. The van der Waals surface area contributed by atoms with E-state index in [1.54, 1.807) is 20.8 Å². The lowest BCUT2D eigenvalue weighted by molar-refractivity contribution is -0.142. The minimum Gasteiger partial charge on any atom is -0.467 e. The van der Waals surface area contributed by atoms with Crippen molar-refractivity contribution in [2.24, 2.45) is 0 Å². The Kier molecular flexibility index (Phi) is 9.56. The summed E-state index contributed by atoms with van der Waals surface area (Å²) in [5.74, 6) is 1.12. The molecule has 1 unspecified atom stereocenters. The molecule has 1 aromatic heterocycles. The van der Waals surface area contributed by atoms with E-state index in [2.05, 4.69) is 34.6 Å². The molecule has 7 nitrogen and oxygen atoms in total. The summed E-state index contributed by atoms with van der Waals surface area (Å²) >= 11 is 1.52. The highest BCUT2D eigenvalue weighted by atomic mass is 32.2. The van der Waals surface area contributed by atoms with Crippen molar-refractivity contribution in [3.63, 3.8) is 0 Å². The standard InChI is InChI=1S/C32H33N3O4S/c1-32(2,3)39-31(37)34-27(30(36)38-4)21-40-20-22-15-17-25(18-16-22)29-33-19-26(23-11-7-5-8-12-23)28(35-29)24-13-9-6-10-14-24/h5-19,27H,20-21H2,1-4H3,(H,34,37). The number of esters is 1. The Morgan fingerprint density at radius 1 is 0.875 bits per heavy atom. The number of carbonyl (C=O) groups is 2. The molecule has 4 aromatic rings. The maximum Gasteiger partial charge on any atom is 0.408 e. The van der Waals surface area contributed by atoms with Crippen molar-refractivity contribution in [2.45, 2.75) is 38.2 Å². The molecule has 1 atom stereocenters. The molecule has 1 amide bonds. The van der Waals surface area contributed by atoms with Crippen LogP contribution in [-0.4, -0.2) is 46.5 Å². The second kappa shape index (κ2) is 13.3. The van der Waals surface area contributed by atoms with E-state index in [1.807, 2.05) is 66.9 Å². The number of thioether (sulfide) groups is 1. The minimum atomic E-state index is -0.808. The fourth-order valence-corrected chi connectivity index (χ4v) is 4.97. The van der Waals surface area contributed by atoms with E-state index in [0.29, 0.717) is 17.3 Å². The summed E-state index contributed by atoms with van der Waals surface area (Å²) in [7, 11) is 1.30. The van der Waals surface area contributed by atoms with Crippen LogP contribution < -0.4 is 5.32 Å². The summed E-state index contributed by atoms with van der Waals surface area (Å²) < 4.78 is 10.1. The van der Waals surface area contributed by atoms with Gasteiger partial charge in [0.1, 0.15) is 11.6 Å². The normalized spacial score (nSPS) is 11.9. The number of alkyl carbamates (subject to hydrolysis) is 1. The smallest absolute Gasteiger partial charge is 0.408 e. The minimum absolute atomic E-state index is 0.345. The van der Waals surface area contributed by atoms with Crippen LogP contribution in [0.15, 0.2) is 91.1 Å². The van der Waals surface area contributed by atoms with Crippen LogP contribution in [0.4, 0.5) is 4.79 Å². The van der Waals surface area contributed by atoms with E-state index in [4.69, 9.17) is 14.5 Å². The van der Waals surface area contributed by atoms with E-state index < -0.39 is 23.7 Å². The number of benzene rings is 3. The first kappa shape index (κ1) is 28.8. The maximum absolute atomic E-state index is 12.2. The third-order valence-electron chi connectivity index (χ3n) is 5.86. The first-order chi connectivity index (χ1) is 19.2. The molecule has 0 fully saturated rings. The van der Waals surface area contributed by atoms with E-state index in [1.165, 1.54) is 18.9 Å². The maximum atomic E-state index is 12.2. The van der Waals surface area contributed by atoms with Gasteiger partial charge in [-0.25, -0.2) is 19.6 Å². The van der Waals surface area contributed by atoms with Crippen LogP contribution >= 0.6 is 11.8 Å². The fourth-order valence-electron chi connectivity index (χ4n) is 3.97. The highest BCUT2D eigenvalue weighted by Crippen LogP contribution is 2.32. The summed E-state index contributed by atoms with van der Waals surface area (Å²) in [5.41, 5.74) is 5.26. The zero-order valence-electron chi connectivity index (χ0n) is 23.1. The number of nitrogens with zero attached hydrogens (tertiary/aromatic N) is 2. The molecule has 0 aliphatic heterocycles. The first-order valence-corrected chi connectivity index (χ1v) is 14.1. The molecule has 0 aliphatic rings. The molecule has 4 rings (SSSR count). The summed E-state index contributed by atoms with van der Waals surface area (Å²) in [6.45, 7) is 5.30. The van der Waals surface area contributed by atoms with Crippen molar-refractivity contribution in [3.8, 4) is 33.8 Å². The number of nitrogens with one attached hydrogen (secondary N) is 1. The molecule has 0 saturated heterocycles. The van der Waals surface area contributed by atoms with Gasteiger partial charge in [0.15, 0.2) is 5.82 Å². The zero-order valence-corrected chi connectivity index (χ0v) is 23.9. The van der Waals surface area contributed by atoms with Gasteiger partial charge in [-0.05, 0) is 31.9 Å². The molecule has 0 bridgehead atoms. The second-order valence-corrected chi connectivity index (χ2v) is 11.2. The number of ether oxygens (including phenoxy) is 2. The Labute approximate surface area is 239 Å². The van der Waals surface area contributed by atoms with Crippen molar-refractivity contribution in [3.05, 3.63) is 96.7 Å². The molecule has 0 aliphatic carbocycles. The summed E-state index contributed by atoms with van der Waals surface area (Å²) in [6, 6.07) is 27.5. The van der Waals surface area contributed by atoms with E-state index in [0.717, 1.165) is 33.5 Å². The van der Waals surface area contributed by atoms with Gasteiger partial charge in [-0.1, -0.05) is 84.9 Å². The monoisotopic (exact) mass is 555 g/mol. The Hall–Kier alpha value is -4.17.